The van der Waals surface area contributed by atoms with Gasteiger partial charge in [0.25, 0.3) is 5.91 Å². The van der Waals surface area contributed by atoms with Crippen molar-refractivity contribution < 1.29 is 19.1 Å². The zero-order valence-electron chi connectivity index (χ0n) is 13.7. The average molecular weight is 345 g/mol. The summed E-state index contributed by atoms with van der Waals surface area (Å²) in [5.41, 5.74) is 1.65. The molecule has 1 amide bonds. The topological polar surface area (TPSA) is 86.3 Å². The number of carboxylic acid groups (broad SMARTS) is 1. The van der Waals surface area contributed by atoms with E-state index in [0.717, 1.165) is 24.8 Å². The molecule has 1 atom stereocenters. The predicted octanol–water partition coefficient (Wildman–Crippen LogP) is 3.08. The van der Waals surface area contributed by atoms with Crippen LogP contribution >= 0.6 is 0 Å². The van der Waals surface area contributed by atoms with E-state index in [4.69, 9.17) is 5.11 Å². The van der Waals surface area contributed by atoms with Crippen molar-refractivity contribution in [2.45, 2.75) is 38.1 Å². The molecule has 0 radical (unpaired) electrons. The molecule has 1 aliphatic rings. The van der Waals surface area contributed by atoms with Crippen LogP contribution in [0.2, 0.25) is 0 Å². The standard InChI is InChI=1S/C18H20FN3O3/c19-13-6-4-12(5-7-13)15-11-16(21-20-15)18(25)22-10-2-1-3-14(22)8-9-17(23)24/h4-7,11,14H,1-3,8-10H2,(H,20,21)(H,23,24). The van der Waals surface area contributed by atoms with Gasteiger partial charge in [-0.3, -0.25) is 14.7 Å². The molecule has 0 saturated carbocycles. The van der Waals surface area contributed by atoms with Crippen molar-refractivity contribution in [3.63, 3.8) is 0 Å². The first-order valence-electron chi connectivity index (χ1n) is 8.38. The van der Waals surface area contributed by atoms with E-state index >= 15 is 0 Å². The number of piperidine rings is 1. The van der Waals surface area contributed by atoms with Crippen molar-refractivity contribution in [3.05, 3.63) is 41.8 Å². The summed E-state index contributed by atoms with van der Waals surface area (Å²) in [5, 5.41) is 15.8. The second kappa shape index (κ2) is 7.46. The van der Waals surface area contributed by atoms with Crippen LogP contribution in [-0.4, -0.2) is 44.7 Å². The van der Waals surface area contributed by atoms with Gasteiger partial charge in [-0.2, -0.15) is 5.10 Å². The summed E-state index contributed by atoms with van der Waals surface area (Å²) < 4.78 is 13.0. The van der Waals surface area contributed by atoms with Crippen LogP contribution in [0.1, 0.15) is 42.6 Å². The van der Waals surface area contributed by atoms with Crippen LogP contribution in [0.15, 0.2) is 30.3 Å². The maximum absolute atomic E-state index is 13.0. The normalized spacial score (nSPS) is 17.5. The molecule has 1 aliphatic heterocycles. The Labute approximate surface area is 144 Å². The lowest BCUT2D eigenvalue weighted by molar-refractivity contribution is -0.137. The number of nitrogens with one attached hydrogen (secondary N) is 1. The number of hydrogen-bond donors (Lipinski definition) is 2. The van der Waals surface area contributed by atoms with E-state index in [-0.39, 0.29) is 24.2 Å². The molecule has 1 fully saturated rings. The zero-order chi connectivity index (χ0) is 17.8. The van der Waals surface area contributed by atoms with Crippen LogP contribution in [0.3, 0.4) is 0 Å². The van der Waals surface area contributed by atoms with Gasteiger partial charge in [-0.1, -0.05) is 0 Å². The predicted molar refractivity (Wildman–Crippen MR) is 89.5 cm³/mol. The maximum Gasteiger partial charge on any atom is 0.303 e. The van der Waals surface area contributed by atoms with Gasteiger partial charge in [-0.15, -0.1) is 0 Å². The largest absolute Gasteiger partial charge is 0.481 e. The van der Waals surface area contributed by atoms with Gasteiger partial charge in [0.2, 0.25) is 0 Å². The van der Waals surface area contributed by atoms with E-state index in [9.17, 15) is 14.0 Å². The number of benzene rings is 1. The molecule has 1 unspecified atom stereocenters. The molecular formula is C18H20FN3O3. The second-order valence-electron chi connectivity index (χ2n) is 6.25. The maximum atomic E-state index is 13.0. The first kappa shape index (κ1) is 17.1. The molecule has 0 spiro atoms. The number of aromatic nitrogens is 2. The van der Waals surface area contributed by atoms with Crippen LogP contribution < -0.4 is 0 Å². The third-order valence-electron chi connectivity index (χ3n) is 4.53. The highest BCUT2D eigenvalue weighted by molar-refractivity contribution is 5.93. The summed E-state index contributed by atoms with van der Waals surface area (Å²) in [6.07, 6.45) is 3.24. The Hall–Kier alpha value is -2.70. The van der Waals surface area contributed by atoms with E-state index in [1.807, 2.05) is 0 Å². The van der Waals surface area contributed by atoms with Gasteiger partial charge in [0.15, 0.2) is 0 Å². The number of carboxylic acids is 1. The number of rotatable bonds is 5. The lowest BCUT2D eigenvalue weighted by Crippen LogP contribution is -2.44. The fourth-order valence-electron chi connectivity index (χ4n) is 3.21. The molecule has 0 aliphatic carbocycles. The number of carbonyl (C=O) groups excluding carboxylic acids is 1. The number of carbonyl (C=O) groups is 2. The smallest absolute Gasteiger partial charge is 0.303 e. The Morgan fingerprint density at radius 2 is 2.04 bits per heavy atom. The Morgan fingerprint density at radius 1 is 1.28 bits per heavy atom. The summed E-state index contributed by atoms with van der Waals surface area (Å²) in [6.45, 7) is 0.619. The minimum absolute atomic E-state index is 0.0538. The van der Waals surface area contributed by atoms with E-state index in [2.05, 4.69) is 10.2 Å². The number of hydrogen-bond acceptors (Lipinski definition) is 3. The number of amides is 1. The van der Waals surface area contributed by atoms with Crippen molar-refractivity contribution in [1.82, 2.24) is 15.1 Å². The molecule has 1 aromatic carbocycles. The van der Waals surface area contributed by atoms with Crippen LogP contribution in [0.25, 0.3) is 11.3 Å². The zero-order valence-corrected chi connectivity index (χ0v) is 13.7. The first-order valence-corrected chi connectivity index (χ1v) is 8.38. The lowest BCUT2D eigenvalue weighted by atomic mass is 9.97. The first-order chi connectivity index (χ1) is 12.0. The Balaban J connectivity index is 1.75. The molecule has 2 heterocycles. The third-order valence-corrected chi connectivity index (χ3v) is 4.53. The molecule has 2 N–H and O–H groups in total. The van der Waals surface area contributed by atoms with Crippen molar-refractivity contribution in [1.29, 1.82) is 0 Å². The SMILES string of the molecule is O=C(O)CCC1CCCCN1C(=O)c1cc(-c2ccc(F)cc2)n[nH]1. The number of likely N-dealkylation sites (tertiary alicyclic amines) is 1. The van der Waals surface area contributed by atoms with Crippen molar-refractivity contribution >= 4 is 11.9 Å². The number of H-pyrrole nitrogens is 1. The fraction of sp³-hybridized carbons (Fsp3) is 0.389. The average Bonchev–Trinajstić information content (AvgIpc) is 3.10. The Kier molecular flexibility index (Phi) is 5.11. The van der Waals surface area contributed by atoms with Crippen LogP contribution in [0.4, 0.5) is 4.39 Å². The summed E-state index contributed by atoms with van der Waals surface area (Å²) >= 11 is 0. The number of aromatic amines is 1. The van der Waals surface area contributed by atoms with E-state index in [1.165, 1.54) is 12.1 Å². The lowest BCUT2D eigenvalue weighted by Gasteiger charge is -2.35. The molecule has 7 heteroatoms. The molecule has 6 nitrogen and oxygen atoms in total. The van der Waals surface area contributed by atoms with Crippen LogP contribution in [-0.2, 0) is 4.79 Å². The number of nitrogens with zero attached hydrogens (tertiary/aromatic N) is 2. The summed E-state index contributed by atoms with van der Waals surface area (Å²) in [6, 6.07) is 7.50. The summed E-state index contributed by atoms with van der Waals surface area (Å²) in [7, 11) is 0. The van der Waals surface area contributed by atoms with Gasteiger partial charge in [0.1, 0.15) is 11.5 Å². The molecule has 1 saturated heterocycles. The Morgan fingerprint density at radius 3 is 2.76 bits per heavy atom. The molecule has 132 valence electrons. The van der Waals surface area contributed by atoms with Crippen molar-refractivity contribution in [3.8, 4) is 11.3 Å². The molecule has 25 heavy (non-hydrogen) atoms. The highest BCUT2D eigenvalue weighted by Crippen LogP contribution is 2.24. The van der Waals surface area contributed by atoms with Gasteiger partial charge < -0.3 is 10.0 Å². The number of aliphatic carboxylic acids is 1. The fourth-order valence-corrected chi connectivity index (χ4v) is 3.21. The van der Waals surface area contributed by atoms with Gasteiger partial charge in [-0.25, -0.2) is 4.39 Å². The monoisotopic (exact) mass is 345 g/mol. The van der Waals surface area contributed by atoms with E-state index in [0.29, 0.717) is 24.4 Å². The molecular weight excluding hydrogens is 325 g/mol. The van der Waals surface area contributed by atoms with Crippen LogP contribution in [0, 0.1) is 5.82 Å². The molecule has 3 rings (SSSR count). The quantitative estimate of drug-likeness (QED) is 0.872. The minimum Gasteiger partial charge on any atom is -0.481 e. The molecule has 2 aromatic rings. The minimum atomic E-state index is -0.849. The highest BCUT2D eigenvalue weighted by atomic mass is 19.1. The number of halogens is 1. The van der Waals surface area contributed by atoms with Crippen molar-refractivity contribution in [2.24, 2.45) is 0 Å². The van der Waals surface area contributed by atoms with Gasteiger partial charge in [0.05, 0.1) is 5.69 Å². The molecule has 0 bridgehead atoms. The van der Waals surface area contributed by atoms with Gasteiger partial charge >= 0.3 is 5.97 Å². The Bertz CT molecular complexity index is 757. The van der Waals surface area contributed by atoms with Gasteiger partial charge in [0, 0.05) is 24.6 Å². The summed E-state index contributed by atoms with van der Waals surface area (Å²) in [5.74, 6) is -1.35. The summed E-state index contributed by atoms with van der Waals surface area (Å²) in [4.78, 5) is 25.4. The molecule has 1 aromatic heterocycles. The van der Waals surface area contributed by atoms with Gasteiger partial charge in [-0.05, 0) is 56.0 Å². The third kappa shape index (κ3) is 4.04. The van der Waals surface area contributed by atoms with Crippen LogP contribution in [0.5, 0.6) is 0 Å². The van der Waals surface area contributed by atoms with E-state index < -0.39 is 5.97 Å². The van der Waals surface area contributed by atoms with Crippen molar-refractivity contribution in [2.75, 3.05) is 6.54 Å². The van der Waals surface area contributed by atoms with E-state index in [1.54, 1.807) is 23.1 Å². The second-order valence-corrected chi connectivity index (χ2v) is 6.25. The highest BCUT2D eigenvalue weighted by Gasteiger charge is 2.28.